The van der Waals surface area contributed by atoms with Gasteiger partial charge in [-0.25, -0.2) is 19.6 Å². The lowest BCUT2D eigenvalue weighted by atomic mass is 9.81. The van der Waals surface area contributed by atoms with Crippen molar-refractivity contribution in [2.24, 2.45) is 11.8 Å². The Morgan fingerprint density at radius 3 is 2.35 bits per heavy atom. The molecule has 6 N–H and O–H groups in total. The molecule has 286 valence electrons. The number of anilines is 2. The van der Waals surface area contributed by atoms with Gasteiger partial charge in [0.05, 0.1) is 10.9 Å². The minimum Gasteiger partial charge on any atom is -0.465 e. The predicted molar refractivity (Wildman–Crippen MR) is 202 cm³/mol. The Kier molecular flexibility index (Phi) is 11.5. The number of aromatic amines is 2. The van der Waals surface area contributed by atoms with Crippen LogP contribution in [0.1, 0.15) is 52.0 Å². The Balaban J connectivity index is 1.12. The number of carboxylic acid groups (broad SMARTS) is 1. The second-order valence-corrected chi connectivity index (χ2v) is 14.9. The first-order valence-corrected chi connectivity index (χ1v) is 18.2. The molecule has 1 saturated carbocycles. The summed E-state index contributed by atoms with van der Waals surface area (Å²) in [5.41, 5.74) is 2.57. The van der Waals surface area contributed by atoms with Crippen LogP contribution >= 0.6 is 0 Å². The van der Waals surface area contributed by atoms with E-state index in [0.717, 1.165) is 29.5 Å². The van der Waals surface area contributed by atoms with Crippen LogP contribution < -0.4 is 26.4 Å². The molecule has 3 heterocycles. The highest BCUT2D eigenvalue weighted by atomic mass is 16.6. The van der Waals surface area contributed by atoms with Gasteiger partial charge < -0.3 is 35.6 Å². The number of carbonyl (C=O) groups is 4. The van der Waals surface area contributed by atoms with Gasteiger partial charge in [-0.15, -0.1) is 0 Å². The van der Waals surface area contributed by atoms with Crippen LogP contribution in [0.25, 0.3) is 22.0 Å². The van der Waals surface area contributed by atoms with Crippen molar-refractivity contribution >= 4 is 46.5 Å². The van der Waals surface area contributed by atoms with Crippen molar-refractivity contribution < 1.29 is 29.0 Å². The van der Waals surface area contributed by atoms with E-state index in [1.54, 1.807) is 30.6 Å². The average molecular weight is 742 g/mol. The molecule has 1 aliphatic heterocycles. The average Bonchev–Trinajstić information content (AvgIpc) is 3.52. The van der Waals surface area contributed by atoms with Gasteiger partial charge in [0.15, 0.2) is 0 Å². The quantitative estimate of drug-likeness (QED) is 0.137. The molecule has 4 amide bonds. The summed E-state index contributed by atoms with van der Waals surface area (Å²) in [6, 6.07) is 11.6. The molecule has 0 unspecified atom stereocenters. The van der Waals surface area contributed by atoms with E-state index in [4.69, 9.17) is 4.74 Å². The molecule has 1 atom stereocenters. The summed E-state index contributed by atoms with van der Waals surface area (Å²) >= 11 is 0. The van der Waals surface area contributed by atoms with E-state index < -0.39 is 29.7 Å². The summed E-state index contributed by atoms with van der Waals surface area (Å²) < 4.78 is 5.34. The van der Waals surface area contributed by atoms with Gasteiger partial charge in [0.2, 0.25) is 17.8 Å². The van der Waals surface area contributed by atoms with Crippen LogP contribution in [0.5, 0.6) is 0 Å². The molecule has 4 aromatic rings. The Hall–Kier alpha value is -5.93. The summed E-state index contributed by atoms with van der Waals surface area (Å²) in [5.74, 6) is -0.151. The lowest BCUT2D eigenvalue weighted by molar-refractivity contribution is -0.130. The van der Waals surface area contributed by atoms with Gasteiger partial charge in [-0.3, -0.25) is 24.6 Å². The number of fused-ring (bicyclic) bond motifs is 1. The van der Waals surface area contributed by atoms with E-state index in [9.17, 15) is 29.1 Å². The summed E-state index contributed by atoms with van der Waals surface area (Å²) in [5, 5.41) is 23.8. The first-order valence-electron chi connectivity index (χ1n) is 18.2. The van der Waals surface area contributed by atoms with Gasteiger partial charge in [0.25, 0.3) is 5.56 Å². The number of ether oxygens (including phenoxy) is 1. The monoisotopic (exact) mass is 741 g/mol. The van der Waals surface area contributed by atoms with Crippen molar-refractivity contribution in [3.05, 3.63) is 70.8 Å². The molecule has 2 aliphatic rings. The fourth-order valence-corrected chi connectivity index (χ4v) is 6.86. The van der Waals surface area contributed by atoms with Crippen molar-refractivity contribution in [1.82, 2.24) is 35.7 Å². The van der Waals surface area contributed by atoms with Crippen LogP contribution in [0, 0.1) is 11.8 Å². The number of nitrogens with one attached hydrogen (secondary N) is 5. The number of benzene rings is 2. The van der Waals surface area contributed by atoms with E-state index in [0.29, 0.717) is 68.1 Å². The highest BCUT2D eigenvalue weighted by Crippen LogP contribution is 2.29. The Labute approximate surface area is 312 Å². The van der Waals surface area contributed by atoms with E-state index in [1.165, 1.54) is 4.90 Å². The number of nitrogens with zero attached hydrogens (tertiary/aromatic N) is 4. The van der Waals surface area contributed by atoms with E-state index in [-0.39, 0.29) is 29.7 Å². The number of alkyl carbamates (subject to hydrolysis) is 1. The van der Waals surface area contributed by atoms with Gasteiger partial charge in [0, 0.05) is 68.7 Å². The number of rotatable bonds is 10. The van der Waals surface area contributed by atoms with Crippen molar-refractivity contribution in [2.45, 2.75) is 64.5 Å². The Morgan fingerprint density at radius 1 is 0.944 bits per heavy atom. The van der Waals surface area contributed by atoms with Crippen molar-refractivity contribution in [3.8, 4) is 11.1 Å². The molecule has 0 spiro atoms. The van der Waals surface area contributed by atoms with Crippen molar-refractivity contribution in [3.63, 3.8) is 0 Å². The topological polar surface area (TPSA) is 215 Å². The molecular weight excluding hydrogens is 694 g/mol. The normalized spacial score (nSPS) is 18.1. The maximum atomic E-state index is 13.9. The standard InChI is InChI=1S/C38H47N9O7/c1-38(2,3)54-36(51)41-20-23-7-9-25(10-8-23)32(48)43-31(34(50)42-28-11-12-29-30(19-28)44-45-33(29)49)18-24-5-4-6-26(17-24)27-21-39-35(40-22-27)46-13-15-47(16-14-46)37(52)53/h4-6,11-12,17,19,21-23,25,31H,7-10,13-16,18,20H2,1-3H3,(H,41,51)(H,42,50)(H,43,48)(H,52,53)(H2,44,45,49)/t23?,25?,31-/m0/s1. The summed E-state index contributed by atoms with van der Waals surface area (Å²) in [6.45, 7) is 7.67. The molecule has 1 saturated heterocycles. The molecule has 2 aromatic carbocycles. The number of hydrogen-bond donors (Lipinski definition) is 6. The summed E-state index contributed by atoms with van der Waals surface area (Å²) in [6.07, 6.45) is 5.00. The van der Waals surface area contributed by atoms with Gasteiger partial charge in [-0.1, -0.05) is 24.3 Å². The number of aromatic nitrogens is 4. The zero-order valence-corrected chi connectivity index (χ0v) is 30.7. The van der Waals surface area contributed by atoms with Crippen molar-refractivity contribution in [2.75, 3.05) is 42.9 Å². The third-order valence-electron chi connectivity index (χ3n) is 9.80. The zero-order chi connectivity index (χ0) is 38.4. The lowest BCUT2D eigenvalue weighted by Crippen LogP contribution is -2.48. The first-order chi connectivity index (χ1) is 25.8. The molecule has 1 aliphatic carbocycles. The molecule has 2 fully saturated rings. The molecule has 0 radical (unpaired) electrons. The SMILES string of the molecule is CC(C)(C)OC(=O)NCC1CCC(C(=O)N[C@@H](Cc2cccc(-c3cnc(N4CCN(C(=O)O)CC4)nc3)c2)C(=O)Nc2ccc3c(=O)[nH][nH]c3c2)CC1. The van der Waals surface area contributed by atoms with Gasteiger partial charge >= 0.3 is 12.2 Å². The molecule has 16 heteroatoms. The minimum absolute atomic E-state index is 0.205. The third kappa shape index (κ3) is 9.73. The number of hydrogen-bond acceptors (Lipinski definition) is 9. The fraction of sp³-hybridized carbons (Fsp3) is 0.447. The maximum Gasteiger partial charge on any atom is 0.407 e. The number of carbonyl (C=O) groups excluding carboxylic acids is 3. The number of amides is 4. The summed E-state index contributed by atoms with van der Waals surface area (Å²) in [7, 11) is 0. The smallest absolute Gasteiger partial charge is 0.407 e. The van der Waals surface area contributed by atoms with Gasteiger partial charge in [0.1, 0.15) is 11.6 Å². The van der Waals surface area contributed by atoms with Crippen LogP contribution in [-0.2, 0) is 20.7 Å². The van der Waals surface area contributed by atoms with E-state index >= 15 is 0 Å². The molecule has 2 aromatic heterocycles. The van der Waals surface area contributed by atoms with Gasteiger partial charge in [-0.2, -0.15) is 0 Å². The van der Waals surface area contributed by atoms with Crippen LogP contribution in [0.4, 0.5) is 21.2 Å². The number of piperazine rings is 1. The second kappa shape index (κ2) is 16.4. The zero-order valence-electron chi connectivity index (χ0n) is 30.7. The molecule has 54 heavy (non-hydrogen) atoms. The number of H-pyrrole nitrogens is 2. The van der Waals surface area contributed by atoms with Crippen molar-refractivity contribution in [1.29, 1.82) is 0 Å². The third-order valence-corrected chi connectivity index (χ3v) is 9.80. The highest BCUT2D eigenvalue weighted by molar-refractivity contribution is 5.99. The van der Waals surface area contributed by atoms with Crippen LogP contribution in [-0.4, -0.2) is 98.5 Å². The second-order valence-electron chi connectivity index (χ2n) is 14.9. The fourth-order valence-electron chi connectivity index (χ4n) is 6.86. The van der Waals surface area contributed by atoms with Crippen LogP contribution in [0.15, 0.2) is 59.7 Å². The Bertz CT molecular complexity index is 2020. The largest absolute Gasteiger partial charge is 0.465 e. The molecule has 16 nitrogen and oxygen atoms in total. The Morgan fingerprint density at radius 2 is 1.67 bits per heavy atom. The summed E-state index contributed by atoms with van der Waals surface area (Å²) in [4.78, 5) is 75.4. The van der Waals surface area contributed by atoms with Crippen LogP contribution in [0.2, 0.25) is 0 Å². The van der Waals surface area contributed by atoms with E-state index in [1.807, 2.05) is 49.9 Å². The maximum absolute atomic E-state index is 13.9. The lowest BCUT2D eigenvalue weighted by Gasteiger charge is -2.33. The molecular formula is C38H47N9O7. The highest BCUT2D eigenvalue weighted by Gasteiger charge is 2.30. The molecule has 6 rings (SSSR count). The van der Waals surface area contributed by atoms with Crippen LogP contribution in [0.3, 0.4) is 0 Å². The molecule has 0 bridgehead atoms. The first kappa shape index (κ1) is 37.8. The van der Waals surface area contributed by atoms with Gasteiger partial charge in [-0.05, 0) is 81.7 Å². The predicted octanol–water partition coefficient (Wildman–Crippen LogP) is 4.11. The van der Waals surface area contributed by atoms with E-state index in [2.05, 4.69) is 36.1 Å². The minimum atomic E-state index is -0.936.